The lowest BCUT2D eigenvalue weighted by Gasteiger charge is -2.31. The van der Waals surface area contributed by atoms with E-state index in [4.69, 9.17) is 4.74 Å². The zero-order valence-electron chi connectivity index (χ0n) is 18.7. The molecule has 1 aromatic heterocycles. The number of nitrogens with one attached hydrogen (secondary N) is 2. The molecule has 10 heteroatoms. The van der Waals surface area contributed by atoms with Crippen molar-refractivity contribution in [3.05, 3.63) is 42.2 Å². The Morgan fingerprint density at radius 3 is 2.48 bits per heavy atom. The Bertz CT molecular complexity index is 1090. The van der Waals surface area contributed by atoms with Gasteiger partial charge in [0.2, 0.25) is 15.9 Å². The average molecular weight is 475 g/mol. The topological polar surface area (TPSA) is 112 Å². The van der Waals surface area contributed by atoms with Gasteiger partial charge < -0.3 is 19.9 Å². The van der Waals surface area contributed by atoms with Crippen LogP contribution in [-0.2, 0) is 14.8 Å². The molecule has 2 aliphatic rings. The summed E-state index contributed by atoms with van der Waals surface area (Å²) in [7, 11) is -2.25. The molecule has 0 aliphatic carbocycles. The number of hydrogen-bond acceptors (Lipinski definition) is 5. The lowest BCUT2D eigenvalue weighted by atomic mass is 9.99. The predicted octanol–water partition coefficient (Wildman–Crippen LogP) is 2.69. The van der Waals surface area contributed by atoms with E-state index in [1.54, 1.807) is 36.3 Å². The second-order valence-corrected chi connectivity index (χ2v) is 10.5. The number of amides is 2. The van der Waals surface area contributed by atoms with Crippen molar-refractivity contribution in [2.75, 3.05) is 38.6 Å². The number of anilines is 1. The van der Waals surface area contributed by atoms with E-state index in [-0.39, 0.29) is 28.9 Å². The molecule has 2 saturated heterocycles. The number of sulfonamides is 1. The highest BCUT2D eigenvalue weighted by atomic mass is 32.2. The van der Waals surface area contributed by atoms with Crippen molar-refractivity contribution in [1.29, 1.82) is 0 Å². The van der Waals surface area contributed by atoms with E-state index in [1.807, 2.05) is 0 Å². The van der Waals surface area contributed by atoms with Gasteiger partial charge in [0.15, 0.2) is 0 Å². The Morgan fingerprint density at radius 2 is 1.79 bits per heavy atom. The molecule has 0 spiro atoms. The van der Waals surface area contributed by atoms with Crippen molar-refractivity contribution in [2.45, 2.75) is 37.0 Å². The van der Waals surface area contributed by atoms with E-state index in [0.717, 1.165) is 19.3 Å². The van der Waals surface area contributed by atoms with Gasteiger partial charge in [-0.3, -0.25) is 9.59 Å². The van der Waals surface area contributed by atoms with Gasteiger partial charge in [-0.05, 0) is 62.4 Å². The van der Waals surface area contributed by atoms with E-state index in [2.05, 4.69) is 10.3 Å². The number of ether oxygens (including phenoxy) is 1. The van der Waals surface area contributed by atoms with Crippen molar-refractivity contribution in [3.8, 4) is 5.75 Å². The molecule has 3 heterocycles. The molecule has 1 aromatic carbocycles. The molecular formula is C23H30N4O5S. The van der Waals surface area contributed by atoms with E-state index in [0.29, 0.717) is 43.9 Å². The molecule has 178 valence electrons. The number of hydrogen-bond donors (Lipinski definition) is 2. The molecule has 2 aromatic rings. The second kappa shape index (κ2) is 9.96. The molecular weight excluding hydrogens is 444 g/mol. The highest BCUT2D eigenvalue weighted by molar-refractivity contribution is 7.89. The van der Waals surface area contributed by atoms with Crippen LogP contribution in [0.2, 0.25) is 0 Å². The third kappa shape index (κ3) is 5.22. The number of aromatic nitrogens is 1. The maximum atomic E-state index is 13.2. The van der Waals surface area contributed by atoms with Gasteiger partial charge in [-0.1, -0.05) is 0 Å². The standard InChI is InChI=1S/C23H30N4O5S/c1-32-19-9-7-18(8-10-19)25-22(28)17-6-5-13-27(16-17)33(30,31)20-14-21(24-15-20)23(29)26-11-3-2-4-12-26/h7-10,14-15,17,24H,2-6,11-13,16H2,1H3,(H,25,28)/t17-/m1/s1. The van der Waals surface area contributed by atoms with Crippen molar-refractivity contribution >= 4 is 27.5 Å². The maximum absolute atomic E-state index is 13.2. The molecule has 2 aliphatic heterocycles. The molecule has 0 radical (unpaired) electrons. The van der Waals surface area contributed by atoms with Gasteiger partial charge >= 0.3 is 0 Å². The van der Waals surface area contributed by atoms with Gasteiger partial charge in [-0.2, -0.15) is 4.31 Å². The normalized spacial score (nSPS) is 19.8. The Balaban J connectivity index is 1.42. The fourth-order valence-electron chi connectivity index (χ4n) is 4.36. The molecule has 9 nitrogen and oxygen atoms in total. The Morgan fingerprint density at radius 1 is 1.06 bits per heavy atom. The van der Waals surface area contributed by atoms with Crippen LogP contribution in [0.5, 0.6) is 5.75 Å². The van der Waals surface area contributed by atoms with Crippen LogP contribution in [-0.4, -0.2) is 67.7 Å². The number of benzene rings is 1. The number of nitrogens with zero attached hydrogens (tertiary/aromatic N) is 2. The summed E-state index contributed by atoms with van der Waals surface area (Å²) in [5, 5.41) is 2.86. The SMILES string of the molecule is COc1ccc(NC(=O)[C@@H]2CCCN(S(=O)(=O)c3c[nH]c(C(=O)N4CCCCC4)c3)C2)cc1. The molecule has 0 bridgehead atoms. The van der Waals surface area contributed by atoms with E-state index >= 15 is 0 Å². The highest BCUT2D eigenvalue weighted by Gasteiger charge is 2.34. The summed E-state index contributed by atoms with van der Waals surface area (Å²) in [6.45, 7) is 1.83. The molecule has 33 heavy (non-hydrogen) atoms. The van der Waals surface area contributed by atoms with E-state index in [1.165, 1.54) is 16.6 Å². The van der Waals surface area contributed by atoms with Crippen LogP contribution < -0.4 is 10.1 Å². The first kappa shape index (κ1) is 23.3. The summed E-state index contributed by atoms with van der Waals surface area (Å²) in [5.41, 5.74) is 0.911. The van der Waals surface area contributed by atoms with Crippen LogP contribution in [0.1, 0.15) is 42.6 Å². The number of piperidine rings is 2. The van der Waals surface area contributed by atoms with Crippen LogP contribution in [0.25, 0.3) is 0 Å². The molecule has 2 fully saturated rings. The fourth-order valence-corrected chi connectivity index (χ4v) is 5.88. The van der Waals surface area contributed by atoms with Crippen LogP contribution in [0.4, 0.5) is 5.69 Å². The summed E-state index contributed by atoms with van der Waals surface area (Å²) in [4.78, 5) is 30.1. The summed E-state index contributed by atoms with van der Waals surface area (Å²) in [5.74, 6) is -0.154. The first-order valence-electron chi connectivity index (χ1n) is 11.3. The van der Waals surface area contributed by atoms with Crippen LogP contribution >= 0.6 is 0 Å². The molecule has 4 rings (SSSR count). The summed E-state index contributed by atoms with van der Waals surface area (Å²) in [6.07, 6.45) is 5.60. The number of methoxy groups -OCH3 is 1. The van der Waals surface area contributed by atoms with Crippen molar-refractivity contribution in [1.82, 2.24) is 14.2 Å². The van der Waals surface area contributed by atoms with Crippen LogP contribution in [0.15, 0.2) is 41.4 Å². The number of likely N-dealkylation sites (tertiary alicyclic amines) is 1. The van der Waals surface area contributed by atoms with Gasteiger partial charge in [0, 0.05) is 38.1 Å². The lowest BCUT2D eigenvalue weighted by Crippen LogP contribution is -2.43. The zero-order valence-corrected chi connectivity index (χ0v) is 19.6. The monoisotopic (exact) mass is 474 g/mol. The number of carbonyl (C=O) groups is 2. The summed E-state index contributed by atoms with van der Waals surface area (Å²) >= 11 is 0. The molecule has 0 unspecified atom stereocenters. The molecule has 1 atom stereocenters. The van der Waals surface area contributed by atoms with Gasteiger partial charge in [0.05, 0.1) is 13.0 Å². The fraction of sp³-hybridized carbons (Fsp3) is 0.478. The first-order valence-corrected chi connectivity index (χ1v) is 12.8. The number of carbonyl (C=O) groups excluding carboxylic acids is 2. The summed E-state index contributed by atoms with van der Waals surface area (Å²) < 4.78 is 32.9. The third-order valence-electron chi connectivity index (χ3n) is 6.28. The Labute approximate surface area is 194 Å². The average Bonchev–Trinajstić information content (AvgIpc) is 3.36. The summed E-state index contributed by atoms with van der Waals surface area (Å²) in [6, 6.07) is 8.40. The first-order chi connectivity index (χ1) is 15.9. The van der Waals surface area contributed by atoms with Gasteiger partial charge in [0.1, 0.15) is 16.3 Å². The molecule has 2 N–H and O–H groups in total. The number of rotatable bonds is 6. The predicted molar refractivity (Wildman–Crippen MR) is 124 cm³/mol. The largest absolute Gasteiger partial charge is 0.497 e. The smallest absolute Gasteiger partial charge is 0.270 e. The second-order valence-electron chi connectivity index (χ2n) is 8.52. The maximum Gasteiger partial charge on any atom is 0.270 e. The number of H-pyrrole nitrogens is 1. The Hall–Kier alpha value is -2.85. The van der Waals surface area contributed by atoms with Crippen LogP contribution in [0.3, 0.4) is 0 Å². The quantitative estimate of drug-likeness (QED) is 0.669. The lowest BCUT2D eigenvalue weighted by molar-refractivity contribution is -0.120. The number of aromatic amines is 1. The highest BCUT2D eigenvalue weighted by Crippen LogP contribution is 2.26. The van der Waals surface area contributed by atoms with Crippen LogP contribution in [0, 0.1) is 5.92 Å². The van der Waals surface area contributed by atoms with Crippen molar-refractivity contribution in [3.63, 3.8) is 0 Å². The molecule has 0 saturated carbocycles. The van der Waals surface area contributed by atoms with Gasteiger partial charge in [-0.15, -0.1) is 0 Å². The van der Waals surface area contributed by atoms with Crippen molar-refractivity contribution in [2.24, 2.45) is 5.92 Å². The van der Waals surface area contributed by atoms with Gasteiger partial charge in [0.25, 0.3) is 5.91 Å². The minimum absolute atomic E-state index is 0.0547. The van der Waals surface area contributed by atoms with E-state index < -0.39 is 15.9 Å². The third-order valence-corrected chi connectivity index (χ3v) is 8.12. The zero-order chi connectivity index (χ0) is 23.4. The minimum atomic E-state index is -3.82. The minimum Gasteiger partial charge on any atom is -0.497 e. The van der Waals surface area contributed by atoms with Crippen molar-refractivity contribution < 1.29 is 22.7 Å². The molecule has 2 amide bonds. The Kier molecular flexibility index (Phi) is 7.04. The van der Waals surface area contributed by atoms with E-state index in [9.17, 15) is 18.0 Å². The van der Waals surface area contributed by atoms with Gasteiger partial charge in [-0.25, -0.2) is 8.42 Å².